The van der Waals surface area contributed by atoms with Crippen molar-refractivity contribution in [3.05, 3.63) is 29.8 Å². The Morgan fingerprint density at radius 2 is 1.43 bits per heavy atom. The third kappa shape index (κ3) is 9.41. The number of amides is 3. The Labute approximate surface area is 211 Å². The van der Waals surface area contributed by atoms with E-state index in [0.29, 0.717) is 18.4 Å². The van der Waals surface area contributed by atoms with E-state index in [1.807, 2.05) is 20.8 Å². The molecule has 11 heteroatoms. The van der Waals surface area contributed by atoms with Crippen LogP contribution in [0.3, 0.4) is 0 Å². The molecule has 0 aliphatic heterocycles. The standard InChI is InChI=1S/C24H38N4O6S/c1-5-13(3)19(25)22(31)27-18(12-35)21(30)28-20(14(4)6-2)23(32)26-17(24(33)34)11-15-7-9-16(29)10-8-15/h7-10,13-14,17-20,29,35H,5-6,11-12,25H2,1-4H3,(H,26,32)(H,27,31)(H,28,30)(H,33,34). The van der Waals surface area contributed by atoms with Gasteiger partial charge in [0.1, 0.15) is 23.9 Å². The molecule has 6 unspecified atom stereocenters. The van der Waals surface area contributed by atoms with Gasteiger partial charge in [-0.05, 0) is 29.5 Å². The number of carbonyl (C=O) groups is 4. The van der Waals surface area contributed by atoms with Gasteiger partial charge in [-0.1, -0.05) is 52.7 Å². The SMILES string of the molecule is CCC(C)C(N)C(=O)NC(CS)C(=O)NC(C(=O)NC(Cc1ccc(O)cc1)C(=O)O)C(C)CC. The molecule has 1 aromatic carbocycles. The highest BCUT2D eigenvalue weighted by Crippen LogP contribution is 2.13. The van der Waals surface area contributed by atoms with Crippen LogP contribution in [0.4, 0.5) is 0 Å². The van der Waals surface area contributed by atoms with Crippen LogP contribution >= 0.6 is 12.6 Å². The zero-order valence-corrected chi connectivity index (χ0v) is 21.5. The summed E-state index contributed by atoms with van der Waals surface area (Å²) in [6.45, 7) is 7.33. The minimum Gasteiger partial charge on any atom is -0.508 e. The second-order valence-electron chi connectivity index (χ2n) is 8.80. The number of phenolic OH excluding ortho intramolecular Hbond substituents is 1. The van der Waals surface area contributed by atoms with E-state index in [4.69, 9.17) is 5.73 Å². The van der Waals surface area contributed by atoms with Gasteiger partial charge in [0.2, 0.25) is 17.7 Å². The van der Waals surface area contributed by atoms with E-state index in [2.05, 4.69) is 28.6 Å². The number of carboxylic acid groups (broad SMARTS) is 1. The molecule has 1 rings (SSSR count). The van der Waals surface area contributed by atoms with E-state index in [1.54, 1.807) is 19.1 Å². The maximum absolute atomic E-state index is 13.1. The van der Waals surface area contributed by atoms with Crippen molar-refractivity contribution in [1.82, 2.24) is 16.0 Å². The van der Waals surface area contributed by atoms with E-state index in [-0.39, 0.29) is 29.8 Å². The summed E-state index contributed by atoms with van der Waals surface area (Å²) in [5, 5.41) is 26.8. The van der Waals surface area contributed by atoms with Gasteiger partial charge >= 0.3 is 5.97 Å². The zero-order chi connectivity index (χ0) is 26.7. The Balaban J connectivity index is 2.95. The number of hydrogen-bond acceptors (Lipinski definition) is 7. The highest BCUT2D eigenvalue weighted by atomic mass is 32.1. The Morgan fingerprint density at radius 3 is 1.91 bits per heavy atom. The molecular formula is C24H38N4O6S. The number of carboxylic acids is 1. The predicted molar refractivity (Wildman–Crippen MR) is 136 cm³/mol. The summed E-state index contributed by atoms with van der Waals surface area (Å²) >= 11 is 4.15. The van der Waals surface area contributed by atoms with Crippen molar-refractivity contribution in [2.75, 3.05) is 5.75 Å². The second kappa shape index (κ2) is 14.6. The molecule has 0 aliphatic rings. The van der Waals surface area contributed by atoms with Crippen molar-refractivity contribution < 1.29 is 29.4 Å². The van der Waals surface area contributed by atoms with Crippen LogP contribution in [-0.2, 0) is 25.6 Å². The topological polar surface area (TPSA) is 171 Å². The van der Waals surface area contributed by atoms with Crippen LogP contribution in [0.5, 0.6) is 5.75 Å². The van der Waals surface area contributed by atoms with Crippen molar-refractivity contribution in [2.24, 2.45) is 17.6 Å². The minimum absolute atomic E-state index is 0.00858. The van der Waals surface area contributed by atoms with Gasteiger partial charge in [-0.2, -0.15) is 12.6 Å². The number of aromatic hydroxyl groups is 1. The van der Waals surface area contributed by atoms with Crippen LogP contribution in [0.15, 0.2) is 24.3 Å². The Morgan fingerprint density at radius 1 is 0.886 bits per heavy atom. The smallest absolute Gasteiger partial charge is 0.326 e. The van der Waals surface area contributed by atoms with Crippen molar-refractivity contribution in [3.63, 3.8) is 0 Å². The van der Waals surface area contributed by atoms with Crippen molar-refractivity contribution >= 4 is 36.3 Å². The molecule has 0 aromatic heterocycles. The Kier molecular flexibility index (Phi) is 12.6. The van der Waals surface area contributed by atoms with Crippen LogP contribution in [-0.4, -0.2) is 63.8 Å². The first-order chi connectivity index (χ1) is 16.4. The van der Waals surface area contributed by atoms with Crippen LogP contribution in [0.2, 0.25) is 0 Å². The number of carbonyl (C=O) groups excluding carboxylic acids is 3. The third-order valence-corrected chi connectivity index (χ3v) is 6.52. The molecule has 35 heavy (non-hydrogen) atoms. The molecule has 6 atom stereocenters. The lowest BCUT2D eigenvalue weighted by Gasteiger charge is -2.28. The molecule has 196 valence electrons. The minimum atomic E-state index is -1.25. The zero-order valence-electron chi connectivity index (χ0n) is 20.7. The molecular weight excluding hydrogens is 472 g/mol. The van der Waals surface area contributed by atoms with Crippen molar-refractivity contribution in [1.29, 1.82) is 0 Å². The molecule has 0 saturated heterocycles. The van der Waals surface area contributed by atoms with Crippen molar-refractivity contribution in [2.45, 2.75) is 71.1 Å². The van der Waals surface area contributed by atoms with Crippen LogP contribution < -0.4 is 21.7 Å². The number of hydrogen-bond donors (Lipinski definition) is 7. The van der Waals surface area contributed by atoms with Crippen molar-refractivity contribution in [3.8, 4) is 5.75 Å². The molecule has 7 N–H and O–H groups in total. The van der Waals surface area contributed by atoms with Gasteiger partial charge in [0.25, 0.3) is 0 Å². The van der Waals surface area contributed by atoms with Gasteiger partial charge < -0.3 is 31.9 Å². The predicted octanol–water partition coefficient (Wildman–Crippen LogP) is 0.823. The normalized spacial score (nSPS) is 16.2. The Hall–Kier alpha value is -2.79. The lowest BCUT2D eigenvalue weighted by atomic mass is 9.96. The summed E-state index contributed by atoms with van der Waals surface area (Å²) in [6.07, 6.45) is 1.22. The molecule has 1 aromatic rings. The van der Waals surface area contributed by atoms with Gasteiger partial charge in [0.05, 0.1) is 6.04 Å². The number of aliphatic carboxylic acids is 1. The van der Waals surface area contributed by atoms with Crippen LogP contribution in [0.25, 0.3) is 0 Å². The summed E-state index contributed by atoms with van der Waals surface area (Å²) in [4.78, 5) is 50.2. The van der Waals surface area contributed by atoms with Gasteiger partial charge in [0.15, 0.2) is 0 Å². The number of thiol groups is 1. The first-order valence-corrected chi connectivity index (χ1v) is 12.4. The molecule has 0 heterocycles. The highest BCUT2D eigenvalue weighted by molar-refractivity contribution is 7.80. The lowest BCUT2D eigenvalue weighted by Crippen LogP contribution is -2.59. The largest absolute Gasteiger partial charge is 0.508 e. The number of benzene rings is 1. The number of rotatable bonds is 14. The lowest BCUT2D eigenvalue weighted by molar-refractivity contribution is -0.142. The van der Waals surface area contributed by atoms with Gasteiger partial charge in [-0.3, -0.25) is 14.4 Å². The van der Waals surface area contributed by atoms with E-state index < -0.39 is 47.9 Å². The quantitative estimate of drug-likeness (QED) is 0.182. The summed E-state index contributed by atoms with van der Waals surface area (Å²) in [5.41, 5.74) is 6.55. The summed E-state index contributed by atoms with van der Waals surface area (Å²) in [5.74, 6) is -3.37. The van der Waals surface area contributed by atoms with Gasteiger partial charge in [-0.15, -0.1) is 0 Å². The molecule has 0 spiro atoms. The molecule has 3 amide bonds. The number of nitrogens with one attached hydrogen (secondary N) is 3. The fraction of sp³-hybridized carbons (Fsp3) is 0.583. The molecule has 0 saturated carbocycles. The fourth-order valence-corrected chi connectivity index (χ4v) is 3.52. The summed E-state index contributed by atoms with van der Waals surface area (Å²) in [6, 6.07) is 1.90. The fourth-order valence-electron chi connectivity index (χ4n) is 3.26. The third-order valence-electron chi connectivity index (χ3n) is 6.16. The number of nitrogens with two attached hydrogens (primary N) is 1. The molecule has 0 radical (unpaired) electrons. The summed E-state index contributed by atoms with van der Waals surface area (Å²) in [7, 11) is 0. The summed E-state index contributed by atoms with van der Waals surface area (Å²) < 4.78 is 0. The Bertz CT molecular complexity index is 866. The van der Waals surface area contributed by atoms with E-state index in [1.165, 1.54) is 12.1 Å². The second-order valence-corrected chi connectivity index (χ2v) is 9.16. The molecule has 0 aliphatic carbocycles. The van der Waals surface area contributed by atoms with E-state index in [9.17, 15) is 29.4 Å². The monoisotopic (exact) mass is 510 g/mol. The first kappa shape index (κ1) is 30.2. The van der Waals surface area contributed by atoms with Crippen LogP contribution in [0, 0.1) is 11.8 Å². The van der Waals surface area contributed by atoms with Gasteiger partial charge in [-0.25, -0.2) is 4.79 Å². The molecule has 10 nitrogen and oxygen atoms in total. The number of phenols is 1. The van der Waals surface area contributed by atoms with Gasteiger partial charge in [0, 0.05) is 12.2 Å². The average molecular weight is 511 g/mol. The molecule has 0 bridgehead atoms. The van der Waals surface area contributed by atoms with Crippen LogP contribution in [0.1, 0.15) is 46.1 Å². The molecule has 0 fully saturated rings. The maximum atomic E-state index is 13.1. The van der Waals surface area contributed by atoms with E-state index >= 15 is 0 Å². The average Bonchev–Trinajstić information content (AvgIpc) is 2.84. The van der Waals surface area contributed by atoms with E-state index in [0.717, 1.165) is 0 Å². The highest BCUT2D eigenvalue weighted by Gasteiger charge is 2.32. The first-order valence-electron chi connectivity index (χ1n) is 11.7. The maximum Gasteiger partial charge on any atom is 0.326 e.